The molecular weight excluding hydrogens is 548 g/mol. The summed E-state index contributed by atoms with van der Waals surface area (Å²) < 4.78 is 11.3. The van der Waals surface area contributed by atoms with Gasteiger partial charge in [-0.05, 0) is 83.2 Å². The first-order chi connectivity index (χ1) is 22.3. The highest BCUT2D eigenvalue weighted by atomic mass is 16.3. The second-order valence-electron chi connectivity index (χ2n) is 11.8. The summed E-state index contributed by atoms with van der Waals surface area (Å²) in [6.07, 6.45) is 2.18. The highest BCUT2D eigenvalue weighted by Gasteiger charge is 2.19. The van der Waals surface area contributed by atoms with Crippen molar-refractivity contribution in [3.05, 3.63) is 158 Å². The average Bonchev–Trinajstić information content (AvgIpc) is 3.80. The van der Waals surface area contributed by atoms with E-state index in [-0.39, 0.29) is 0 Å². The van der Waals surface area contributed by atoms with Crippen molar-refractivity contribution in [1.29, 1.82) is 0 Å². The lowest BCUT2D eigenvalue weighted by Gasteiger charge is -2.13. The molecule has 0 radical (unpaired) electrons. The smallest absolute Gasteiger partial charge is 0.143 e. The third-order valence-corrected chi connectivity index (χ3v) is 9.35. The molecule has 0 amide bonds. The Morgan fingerprint density at radius 1 is 0.422 bits per heavy atom. The Morgan fingerprint density at radius 2 is 1.11 bits per heavy atom. The Labute approximate surface area is 258 Å². The monoisotopic (exact) mass is 574 g/mol. The second kappa shape index (κ2) is 9.22. The highest BCUT2D eigenvalue weighted by molar-refractivity contribution is 6.26. The molecule has 0 unspecified atom stereocenters. The molecule has 0 spiro atoms. The van der Waals surface area contributed by atoms with Gasteiger partial charge in [-0.25, -0.2) is 0 Å². The maximum atomic E-state index is 6.65. The van der Waals surface area contributed by atoms with Crippen LogP contribution in [-0.4, -0.2) is 9.13 Å². The highest BCUT2D eigenvalue weighted by Crippen LogP contribution is 2.44. The third kappa shape index (κ3) is 3.46. The molecule has 10 rings (SSSR count). The molecule has 0 N–H and O–H groups in total. The van der Waals surface area contributed by atoms with Crippen LogP contribution in [0, 0.1) is 0 Å². The molecule has 3 heterocycles. The van der Waals surface area contributed by atoms with Crippen molar-refractivity contribution in [1.82, 2.24) is 9.13 Å². The van der Waals surface area contributed by atoms with Gasteiger partial charge in [0.1, 0.15) is 11.2 Å². The van der Waals surface area contributed by atoms with Crippen molar-refractivity contribution < 1.29 is 4.42 Å². The molecule has 3 aromatic heterocycles. The summed E-state index contributed by atoms with van der Waals surface area (Å²) in [5, 5.41) is 8.29. The molecule has 10 aromatic rings. The molecule has 0 bridgehead atoms. The maximum Gasteiger partial charge on any atom is 0.143 e. The van der Waals surface area contributed by atoms with Crippen molar-refractivity contribution in [2.75, 3.05) is 0 Å². The number of furan rings is 1. The van der Waals surface area contributed by atoms with Gasteiger partial charge >= 0.3 is 0 Å². The van der Waals surface area contributed by atoms with Gasteiger partial charge in [0, 0.05) is 49.9 Å². The van der Waals surface area contributed by atoms with E-state index in [4.69, 9.17) is 4.42 Å². The Hall–Kier alpha value is -6.06. The van der Waals surface area contributed by atoms with E-state index in [1.165, 1.54) is 43.7 Å². The summed E-state index contributed by atoms with van der Waals surface area (Å²) >= 11 is 0. The van der Waals surface area contributed by atoms with Crippen LogP contribution < -0.4 is 0 Å². The van der Waals surface area contributed by atoms with Gasteiger partial charge in [0.25, 0.3) is 0 Å². The van der Waals surface area contributed by atoms with Gasteiger partial charge in [0.05, 0.1) is 16.6 Å². The van der Waals surface area contributed by atoms with Crippen LogP contribution in [0.15, 0.2) is 162 Å². The Balaban J connectivity index is 1.32. The van der Waals surface area contributed by atoms with Gasteiger partial charge in [-0.15, -0.1) is 0 Å². The van der Waals surface area contributed by atoms with Gasteiger partial charge in [0.15, 0.2) is 0 Å². The topological polar surface area (TPSA) is 23.0 Å². The molecule has 0 atom stereocenters. The lowest BCUT2D eigenvalue weighted by molar-refractivity contribution is 0.673. The summed E-state index contributed by atoms with van der Waals surface area (Å²) in [5.74, 6) is 0. The lowest BCUT2D eigenvalue weighted by Crippen LogP contribution is -1.93. The van der Waals surface area contributed by atoms with E-state index in [9.17, 15) is 0 Å². The molecule has 210 valence electrons. The van der Waals surface area contributed by atoms with Crippen molar-refractivity contribution in [3.8, 4) is 22.5 Å². The number of nitrogens with zero attached hydrogens (tertiary/aromatic N) is 2. The van der Waals surface area contributed by atoms with Crippen LogP contribution in [0.2, 0.25) is 0 Å². The number of fused-ring (bicyclic) bond motifs is 10. The fraction of sp³-hybridized carbons (Fsp3) is 0. The largest absolute Gasteiger partial charge is 0.455 e. The number of para-hydroxylation sites is 4. The van der Waals surface area contributed by atoms with E-state index in [0.29, 0.717) is 0 Å². The summed E-state index contributed by atoms with van der Waals surface area (Å²) in [6.45, 7) is 0. The maximum absolute atomic E-state index is 6.65. The molecule has 45 heavy (non-hydrogen) atoms. The number of hydrogen-bond acceptors (Lipinski definition) is 1. The normalized spacial score (nSPS) is 12.0. The molecule has 0 aliphatic carbocycles. The molecule has 0 aliphatic heterocycles. The van der Waals surface area contributed by atoms with E-state index < -0.39 is 0 Å². The quantitative estimate of drug-likeness (QED) is 0.206. The zero-order valence-corrected chi connectivity index (χ0v) is 24.3. The molecule has 0 fully saturated rings. The van der Waals surface area contributed by atoms with Gasteiger partial charge in [0.2, 0.25) is 0 Å². The van der Waals surface area contributed by atoms with Crippen LogP contribution in [0.25, 0.3) is 87.9 Å². The van der Waals surface area contributed by atoms with Crippen LogP contribution in [0.1, 0.15) is 0 Å². The van der Waals surface area contributed by atoms with Crippen LogP contribution in [0.4, 0.5) is 0 Å². The van der Waals surface area contributed by atoms with Crippen LogP contribution in [0.5, 0.6) is 0 Å². The van der Waals surface area contributed by atoms with Crippen molar-refractivity contribution >= 4 is 65.4 Å². The molecule has 3 nitrogen and oxygen atoms in total. The van der Waals surface area contributed by atoms with Crippen molar-refractivity contribution in [2.45, 2.75) is 0 Å². The van der Waals surface area contributed by atoms with Crippen LogP contribution in [-0.2, 0) is 0 Å². The Kier molecular flexibility index (Phi) is 5.00. The summed E-state index contributed by atoms with van der Waals surface area (Å²) in [6, 6.07) is 54.3. The first-order valence-corrected chi connectivity index (χ1v) is 15.4. The molecule has 0 saturated carbocycles. The second-order valence-corrected chi connectivity index (χ2v) is 11.8. The van der Waals surface area contributed by atoms with E-state index in [2.05, 4.69) is 161 Å². The van der Waals surface area contributed by atoms with Gasteiger partial charge in [-0.3, -0.25) is 0 Å². The molecular formula is C42H26N2O. The minimum atomic E-state index is 0.913. The zero-order valence-electron chi connectivity index (χ0n) is 24.3. The van der Waals surface area contributed by atoms with Crippen molar-refractivity contribution in [2.24, 2.45) is 0 Å². The fourth-order valence-corrected chi connectivity index (χ4v) is 7.35. The van der Waals surface area contributed by atoms with Crippen molar-refractivity contribution in [3.63, 3.8) is 0 Å². The molecule has 0 aliphatic rings. The molecule has 7 aromatic carbocycles. The Morgan fingerprint density at radius 3 is 1.96 bits per heavy atom. The predicted molar refractivity (Wildman–Crippen MR) is 188 cm³/mol. The number of aromatic nitrogens is 2. The van der Waals surface area contributed by atoms with E-state index in [1.54, 1.807) is 0 Å². The molecule has 3 heteroatoms. The number of hydrogen-bond donors (Lipinski definition) is 0. The van der Waals surface area contributed by atoms with Gasteiger partial charge in [-0.1, -0.05) is 84.9 Å². The standard InChI is InChI=1S/C42H26N2O/c1-3-11-28(12-4-1)43-24-23-34-39(43)26-35(32-20-21-33-31-16-8-10-18-40(31)45-42(33)41(32)34)27-19-22-38-36(25-27)30-15-7-9-17-37(30)44(38)29-13-5-2-6-14-29/h1-26H. The van der Waals surface area contributed by atoms with E-state index >= 15 is 0 Å². The molecule has 0 saturated heterocycles. The minimum Gasteiger partial charge on any atom is -0.455 e. The zero-order chi connectivity index (χ0) is 29.5. The summed E-state index contributed by atoms with van der Waals surface area (Å²) in [5.41, 5.74) is 10.1. The first kappa shape index (κ1) is 24.4. The lowest BCUT2D eigenvalue weighted by atomic mass is 9.93. The predicted octanol–water partition coefficient (Wildman–Crippen LogP) is 11.4. The van der Waals surface area contributed by atoms with Crippen LogP contribution in [0.3, 0.4) is 0 Å². The summed E-state index contributed by atoms with van der Waals surface area (Å²) in [4.78, 5) is 0. The Bertz CT molecular complexity index is 2740. The first-order valence-electron chi connectivity index (χ1n) is 15.4. The van der Waals surface area contributed by atoms with E-state index in [0.717, 1.165) is 44.2 Å². The van der Waals surface area contributed by atoms with Crippen LogP contribution >= 0.6 is 0 Å². The number of benzene rings is 7. The van der Waals surface area contributed by atoms with E-state index in [1.807, 2.05) is 6.07 Å². The fourth-order valence-electron chi connectivity index (χ4n) is 7.35. The third-order valence-electron chi connectivity index (χ3n) is 9.35. The van der Waals surface area contributed by atoms with Gasteiger partial charge in [-0.2, -0.15) is 0 Å². The minimum absolute atomic E-state index is 0.913. The average molecular weight is 575 g/mol. The summed E-state index contributed by atoms with van der Waals surface area (Å²) in [7, 11) is 0. The van der Waals surface area contributed by atoms with Gasteiger partial charge < -0.3 is 13.6 Å². The number of rotatable bonds is 3. The SMILES string of the molecule is c1ccc(-n2ccc3c4c(ccc5c6ccccc6oc54)c(-c4ccc5c(c4)c4ccccc4n5-c4ccccc4)cc32)cc1.